The van der Waals surface area contributed by atoms with Crippen molar-refractivity contribution in [3.8, 4) is 33.4 Å². The lowest BCUT2D eigenvalue weighted by atomic mass is 9.99. The topological polar surface area (TPSA) is 16.4 Å². The van der Waals surface area contributed by atoms with Crippen LogP contribution in [0.25, 0.3) is 66.1 Å². The number of hydrogen-bond donors (Lipinski definition) is 0. The minimum atomic E-state index is 0.920. The van der Waals surface area contributed by atoms with Crippen LogP contribution in [-0.2, 0) is 0 Å². The molecule has 0 unspecified atom stereocenters. The van der Waals surface area contributed by atoms with Gasteiger partial charge in [0.1, 0.15) is 11.2 Å². The van der Waals surface area contributed by atoms with Crippen molar-refractivity contribution in [2.75, 3.05) is 4.90 Å². The fourth-order valence-electron chi connectivity index (χ4n) is 6.79. The number of furan rings is 1. The molecule has 2 nitrogen and oxygen atoms in total. The van der Waals surface area contributed by atoms with Crippen LogP contribution in [0.4, 0.5) is 17.1 Å². The molecule has 226 valence electrons. The van der Waals surface area contributed by atoms with Crippen LogP contribution in [0.1, 0.15) is 0 Å². The Balaban J connectivity index is 1.05. The zero-order valence-corrected chi connectivity index (χ0v) is 26.3. The molecule has 1 heterocycles. The van der Waals surface area contributed by atoms with Crippen LogP contribution in [-0.4, -0.2) is 0 Å². The van der Waals surface area contributed by atoms with Crippen LogP contribution >= 0.6 is 0 Å². The van der Waals surface area contributed by atoms with Gasteiger partial charge in [-0.05, 0) is 105 Å². The first kappa shape index (κ1) is 27.9. The minimum Gasteiger partial charge on any atom is -0.456 e. The summed E-state index contributed by atoms with van der Waals surface area (Å²) < 4.78 is 6.19. The summed E-state index contributed by atoms with van der Waals surface area (Å²) in [5.74, 6) is 0. The van der Waals surface area contributed by atoms with Gasteiger partial charge in [-0.3, -0.25) is 0 Å². The van der Waals surface area contributed by atoms with Crippen LogP contribution < -0.4 is 4.90 Å². The predicted octanol–water partition coefficient (Wildman–Crippen LogP) is 13.2. The molecule has 0 saturated carbocycles. The first-order valence-electron chi connectivity index (χ1n) is 16.3. The standard InChI is InChI=1S/C46H31NO/c1-3-10-32(11-4-1)33-18-20-34(21-19-33)36-12-9-15-42(29-36)47(40-13-5-2-6-14-40)41-26-24-35(25-27-41)37-22-23-38-30-44-43-16-7-8-17-45(43)48-46(44)31-39(38)28-37/h1-31H. The van der Waals surface area contributed by atoms with Crippen molar-refractivity contribution in [3.63, 3.8) is 0 Å². The molecule has 0 fully saturated rings. The van der Waals surface area contributed by atoms with Gasteiger partial charge in [-0.2, -0.15) is 0 Å². The van der Waals surface area contributed by atoms with Gasteiger partial charge >= 0.3 is 0 Å². The monoisotopic (exact) mass is 613 g/mol. The summed E-state index contributed by atoms with van der Waals surface area (Å²) in [4.78, 5) is 2.32. The average Bonchev–Trinajstić information content (AvgIpc) is 3.52. The van der Waals surface area contributed by atoms with E-state index in [1.807, 2.05) is 12.1 Å². The highest BCUT2D eigenvalue weighted by Gasteiger charge is 2.14. The first-order chi connectivity index (χ1) is 23.8. The van der Waals surface area contributed by atoms with E-state index in [1.165, 1.54) is 44.2 Å². The Morgan fingerprint density at radius 2 is 0.833 bits per heavy atom. The van der Waals surface area contributed by atoms with Gasteiger partial charge in [0.05, 0.1) is 0 Å². The molecule has 9 aromatic rings. The lowest BCUT2D eigenvalue weighted by Gasteiger charge is -2.26. The molecular formula is C46H31NO. The van der Waals surface area contributed by atoms with Gasteiger partial charge in [0.25, 0.3) is 0 Å². The number of nitrogens with zero attached hydrogens (tertiary/aromatic N) is 1. The molecule has 0 amide bonds. The molecule has 8 aromatic carbocycles. The van der Waals surface area contributed by atoms with Gasteiger partial charge < -0.3 is 9.32 Å². The summed E-state index contributed by atoms with van der Waals surface area (Å²) in [7, 11) is 0. The summed E-state index contributed by atoms with van der Waals surface area (Å²) in [6, 6.07) is 67.0. The van der Waals surface area contributed by atoms with Gasteiger partial charge in [-0.1, -0.05) is 127 Å². The second-order valence-corrected chi connectivity index (χ2v) is 12.2. The second-order valence-electron chi connectivity index (χ2n) is 12.2. The van der Waals surface area contributed by atoms with E-state index < -0.39 is 0 Å². The van der Waals surface area contributed by atoms with Crippen LogP contribution in [0, 0.1) is 0 Å². The summed E-state index contributed by atoms with van der Waals surface area (Å²) in [5.41, 5.74) is 12.3. The first-order valence-corrected chi connectivity index (χ1v) is 16.3. The highest BCUT2D eigenvalue weighted by Crippen LogP contribution is 2.38. The van der Waals surface area contributed by atoms with Gasteiger partial charge in [0.2, 0.25) is 0 Å². The van der Waals surface area contributed by atoms with Crippen molar-refractivity contribution in [3.05, 3.63) is 188 Å². The molecule has 0 aliphatic heterocycles. The van der Waals surface area contributed by atoms with Crippen molar-refractivity contribution in [2.45, 2.75) is 0 Å². The van der Waals surface area contributed by atoms with Crippen molar-refractivity contribution < 1.29 is 4.42 Å². The molecule has 0 atom stereocenters. The maximum Gasteiger partial charge on any atom is 0.136 e. The molecule has 1 aromatic heterocycles. The zero-order chi connectivity index (χ0) is 31.9. The lowest BCUT2D eigenvalue weighted by Crippen LogP contribution is -2.09. The minimum absolute atomic E-state index is 0.920. The van der Waals surface area contributed by atoms with E-state index in [1.54, 1.807) is 0 Å². The van der Waals surface area contributed by atoms with E-state index in [0.29, 0.717) is 0 Å². The molecule has 0 bridgehead atoms. The molecular weight excluding hydrogens is 583 g/mol. The Bertz CT molecular complexity index is 2530. The third-order valence-electron chi connectivity index (χ3n) is 9.24. The summed E-state index contributed by atoms with van der Waals surface area (Å²) in [6.45, 7) is 0. The highest BCUT2D eigenvalue weighted by atomic mass is 16.3. The Kier molecular flexibility index (Phi) is 6.84. The van der Waals surface area contributed by atoms with Crippen LogP contribution in [0.2, 0.25) is 0 Å². The summed E-state index contributed by atoms with van der Waals surface area (Å²) in [5, 5.41) is 4.69. The van der Waals surface area contributed by atoms with E-state index in [-0.39, 0.29) is 0 Å². The smallest absolute Gasteiger partial charge is 0.136 e. The number of anilines is 3. The van der Waals surface area contributed by atoms with Crippen molar-refractivity contribution in [2.24, 2.45) is 0 Å². The van der Waals surface area contributed by atoms with E-state index in [9.17, 15) is 0 Å². The highest BCUT2D eigenvalue weighted by molar-refractivity contribution is 6.10. The van der Waals surface area contributed by atoms with Gasteiger partial charge in [0, 0.05) is 27.8 Å². The molecule has 0 aliphatic rings. The third kappa shape index (κ3) is 5.10. The molecule has 0 saturated heterocycles. The molecule has 0 aliphatic carbocycles. The summed E-state index contributed by atoms with van der Waals surface area (Å²) >= 11 is 0. The zero-order valence-electron chi connectivity index (χ0n) is 26.3. The van der Waals surface area contributed by atoms with E-state index in [2.05, 4.69) is 181 Å². The Morgan fingerprint density at radius 1 is 0.292 bits per heavy atom. The molecule has 9 rings (SSSR count). The van der Waals surface area contributed by atoms with E-state index in [4.69, 9.17) is 4.42 Å². The number of rotatable bonds is 6. The number of para-hydroxylation sites is 2. The van der Waals surface area contributed by atoms with Gasteiger partial charge in [0.15, 0.2) is 0 Å². The van der Waals surface area contributed by atoms with Gasteiger partial charge in [-0.25, -0.2) is 0 Å². The number of fused-ring (bicyclic) bond motifs is 4. The van der Waals surface area contributed by atoms with Crippen molar-refractivity contribution >= 4 is 49.8 Å². The third-order valence-corrected chi connectivity index (χ3v) is 9.24. The molecule has 0 spiro atoms. The van der Waals surface area contributed by atoms with Crippen molar-refractivity contribution in [1.82, 2.24) is 0 Å². The quantitative estimate of drug-likeness (QED) is 0.185. The maximum absolute atomic E-state index is 6.19. The Morgan fingerprint density at radius 3 is 1.60 bits per heavy atom. The fourth-order valence-corrected chi connectivity index (χ4v) is 6.79. The molecule has 2 heteroatoms. The number of hydrogen-bond acceptors (Lipinski definition) is 2. The van der Waals surface area contributed by atoms with Crippen LogP contribution in [0.15, 0.2) is 192 Å². The Hall–Kier alpha value is -6.38. The molecule has 0 radical (unpaired) electrons. The fraction of sp³-hybridized carbons (Fsp3) is 0. The van der Waals surface area contributed by atoms with E-state index in [0.717, 1.165) is 39.0 Å². The van der Waals surface area contributed by atoms with E-state index >= 15 is 0 Å². The number of benzene rings is 8. The molecule has 0 N–H and O–H groups in total. The largest absolute Gasteiger partial charge is 0.456 e. The Labute approximate surface area is 279 Å². The van der Waals surface area contributed by atoms with Crippen LogP contribution in [0.3, 0.4) is 0 Å². The SMILES string of the molecule is c1ccc(-c2ccc(-c3cccc(N(c4ccccc4)c4ccc(-c5ccc6cc7c(cc6c5)oc5ccccc57)cc4)c3)cc2)cc1. The normalized spacial score (nSPS) is 11.3. The second kappa shape index (κ2) is 11.8. The van der Waals surface area contributed by atoms with Gasteiger partial charge in [-0.15, -0.1) is 0 Å². The molecule has 48 heavy (non-hydrogen) atoms. The average molecular weight is 614 g/mol. The lowest BCUT2D eigenvalue weighted by molar-refractivity contribution is 0.669. The summed E-state index contributed by atoms with van der Waals surface area (Å²) in [6.07, 6.45) is 0. The maximum atomic E-state index is 6.19. The van der Waals surface area contributed by atoms with Crippen LogP contribution in [0.5, 0.6) is 0 Å². The predicted molar refractivity (Wildman–Crippen MR) is 202 cm³/mol. The van der Waals surface area contributed by atoms with Crippen molar-refractivity contribution in [1.29, 1.82) is 0 Å².